The molecule has 1 atom stereocenters. The highest BCUT2D eigenvalue weighted by molar-refractivity contribution is 5.78. The van der Waals surface area contributed by atoms with Crippen molar-refractivity contribution in [3.63, 3.8) is 0 Å². The van der Waals surface area contributed by atoms with Crippen molar-refractivity contribution in [1.82, 2.24) is 25.1 Å². The van der Waals surface area contributed by atoms with E-state index in [-0.39, 0.29) is 11.9 Å². The van der Waals surface area contributed by atoms with Crippen LogP contribution in [0.4, 0.5) is 0 Å². The number of pyridine rings is 1. The monoisotopic (exact) mass is 321 g/mol. The fourth-order valence-electron chi connectivity index (χ4n) is 2.42. The molecule has 0 radical (unpaired) electrons. The number of carbonyl (C=O) groups excluding carboxylic acids is 1. The topological polar surface area (TPSA) is 72.7 Å². The van der Waals surface area contributed by atoms with Crippen LogP contribution in [-0.2, 0) is 11.2 Å². The Kier molecular flexibility index (Phi) is 4.65. The van der Waals surface area contributed by atoms with Gasteiger partial charge >= 0.3 is 0 Å². The van der Waals surface area contributed by atoms with E-state index in [1.165, 1.54) is 6.33 Å². The zero-order valence-corrected chi connectivity index (χ0v) is 13.7. The summed E-state index contributed by atoms with van der Waals surface area (Å²) in [6.07, 6.45) is 5.22. The Balaban J connectivity index is 1.60. The molecule has 6 nitrogen and oxygen atoms in total. The minimum atomic E-state index is -0.0688. The summed E-state index contributed by atoms with van der Waals surface area (Å²) in [5.41, 5.74) is 3.82. The molecule has 0 aliphatic heterocycles. The lowest BCUT2D eigenvalue weighted by atomic mass is 10.1. The lowest BCUT2D eigenvalue weighted by molar-refractivity contribution is -0.121. The molecule has 0 spiro atoms. The summed E-state index contributed by atoms with van der Waals surface area (Å²) in [6.45, 7) is 3.89. The molecule has 0 saturated heterocycles. The first-order valence-corrected chi connectivity index (χ1v) is 7.77. The number of carbonyl (C=O) groups is 1. The van der Waals surface area contributed by atoms with Crippen LogP contribution in [0, 0.1) is 6.92 Å². The van der Waals surface area contributed by atoms with Gasteiger partial charge in [0.2, 0.25) is 5.91 Å². The molecule has 0 bridgehead atoms. The maximum Gasteiger partial charge on any atom is 0.224 e. The summed E-state index contributed by atoms with van der Waals surface area (Å²) in [5.74, 6) is -0.0199. The molecular formula is C18H19N5O. The molecule has 0 fully saturated rings. The van der Waals surface area contributed by atoms with Crippen molar-refractivity contribution in [2.45, 2.75) is 26.3 Å². The molecule has 0 saturated carbocycles. The maximum absolute atomic E-state index is 12.2. The Hall–Kier alpha value is -3.02. The summed E-state index contributed by atoms with van der Waals surface area (Å²) >= 11 is 0. The molecular weight excluding hydrogens is 302 g/mol. The smallest absolute Gasteiger partial charge is 0.224 e. The number of nitrogens with one attached hydrogen (secondary N) is 1. The minimum absolute atomic E-state index is 0.0199. The van der Waals surface area contributed by atoms with E-state index in [2.05, 4.69) is 20.4 Å². The van der Waals surface area contributed by atoms with Crippen molar-refractivity contribution >= 4 is 5.91 Å². The van der Waals surface area contributed by atoms with E-state index >= 15 is 0 Å². The van der Waals surface area contributed by atoms with Gasteiger partial charge in [-0.05, 0) is 43.2 Å². The highest BCUT2D eigenvalue weighted by Crippen LogP contribution is 2.15. The zero-order chi connectivity index (χ0) is 16.9. The number of benzene rings is 1. The van der Waals surface area contributed by atoms with Crippen LogP contribution in [0.5, 0.6) is 0 Å². The molecule has 2 heterocycles. The van der Waals surface area contributed by atoms with Crippen molar-refractivity contribution in [3.05, 3.63) is 72.1 Å². The molecule has 24 heavy (non-hydrogen) atoms. The average molecular weight is 321 g/mol. The van der Waals surface area contributed by atoms with Gasteiger partial charge in [-0.15, -0.1) is 0 Å². The van der Waals surface area contributed by atoms with Gasteiger partial charge in [0.25, 0.3) is 0 Å². The second-order valence-electron chi connectivity index (χ2n) is 5.71. The second kappa shape index (κ2) is 7.04. The number of amides is 1. The maximum atomic E-state index is 12.2. The van der Waals surface area contributed by atoms with E-state index in [1.54, 1.807) is 17.2 Å². The molecule has 122 valence electrons. The van der Waals surface area contributed by atoms with Crippen molar-refractivity contribution in [1.29, 1.82) is 0 Å². The van der Waals surface area contributed by atoms with E-state index in [9.17, 15) is 4.79 Å². The van der Waals surface area contributed by atoms with Crippen LogP contribution in [-0.4, -0.2) is 25.7 Å². The fraction of sp³-hybridized carbons (Fsp3) is 0.222. The highest BCUT2D eigenvalue weighted by Gasteiger charge is 2.10. The van der Waals surface area contributed by atoms with Crippen LogP contribution in [0.3, 0.4) is 0 Å². The van der Waals surface area contributed by atoms with Crippen LogP contribution < -0.4 is 5.32 Å². The zero-order valence-electron chi connectivity index (χ0n) is 13.7. The van der Waals surface area contributed by atoms with E-state index in [4.69, 9.17) is 0 Å². The molecule has 3 aromatic rings. The predicted molar refractivity (Wildman–Crippen MR) is 90.6 cm³/mol. The fourth-order valence-corrected chi connectivity index (χ4v) is 2.42. The number of aromatic nitrogens is 4. The van der Waals surface area contributed by atoms with Crippen LogP contribution in [0.2, 0.25) is 0 Å². The molecule has 1 amide bonds. The van der Waals surface area contributed by atoms with E-state index in [0.29, 0.717) is 6.42 Å². The van der Waals surface area contributed by atoms with Gasteiger partial charge in [0.05, 0.1) is 18.2 Å². The van der Waals surface area contributed by atoms with Crippen molar-refractivity contribution < 1.29 is 4.79 Å². The van der Waals surface area contributed by atoms with Crippen LogP contribution >= 0.6 is 0 Å². The predicted octanol–water partition coefficient (Wildman–Crippen LogP) is 2.39. The number of nitrogens with zero attached hydrogens (tertiary/aromatic N) is 4. The first-order chi connectivity index (χ1) is 11.6. The van der Waals surface area contributed by atoms with Crippen molar-refractivity contribution in [2.24, 2.45) is 0 Å². The normalized spacial score (nSPS) is 11.9. The lowest BCUT2D eigenvalue weighted by Crippen LogP contribution is -2.28. The third-order valence-corrected chi connectivity index (χ3v) is 3.79. The third-order valence-electron chi connectivity index (χ3n) is 3.79. The molecule has 0 aliphatic rings. The van der Waals surface area contributed by atoms with Gasteiger partial charge in [-0.3, -0.25) is 9.78 Å². The van der Waals surface area contributed by atoms with E-state index < -0.39 is 0 Å². The number of rotatable bonds is 5. The van der Waals surface area contributed by atoms with Crippen molar-refractivity contribution in [3.8, 4) is 5.69 Å². The first kappa shape index (κ1) is 15.9. The largest absolute Gasteiger partial charge is 0.349 e. The third kappa shape index (κ3) is 3.84. The van der Waals surface area contributed by atoms with Gasteiger partial charge in [0.1, 0.15) is 12.7 Å². The van der Waals surface area contributed by atoms with Gasteiger partial charge in [0, 0.05) is 11.9 Å². The number of hydrogen-bond donors (Lipinski definition) is 1. The Morgan fingerprint density at radius 2 is 2.00 bits per heavy atom. The molecule has 3 rings (SSSR count). The molecule has 1 unspecified atom stereocenters. The van der Waals surface area contributed by atoms with Crippen LogP contribution in [0.25, 0.3) is 5.69 Å². The summed E-state index contributed by atoms with van der Waals surface area (Å²) in [7, 11) is 0. The molecule has 2 aromatic heterocycles. The number of hydrogen-bond acceptors (Lipinski definition) is 4. The van der Waals surface area contributed by atoms with Gasteiger partial charge in [-0.1, -0.05) is 18.2 Å². The van der Waals surface area contributed by atoms with Gasteiger partial charge in [-0.2, -0.15) is 5.10 Å². The lowest BCUT2D eigenvalue weighted by Gasteiger charge is -2.15. The molecule has 6 heteroatoms. The summed E-state index contributed by atoms with van der Waals surface area (Å²) in [6, 6.07) is 11.6. The Morgan fingerprint density at radius 1 is 1.21 bits per heavy atom. The number of aryl methyl sites for hydroxylation is 1. The quantitative estimate of drug-likeness (QED) is 0.783. The summed E-state index contributed by atoms with van der Waals surface area (Å²) in [4.78, 5) is 20.3. The SMILES string of the molecule is Cc1ccc(CC(=O)NC(C)c2ccc(-n3cncn3)cc2)cn1. The van der Waals surface area contributed by atoms with E-state index in [0.717, 1.165) is 22.5 Å². The second-order valence-corrected chi connectivity index (χ2v) is 5.71. The van der Waals surface area contributed by atoms with Gasteiger partial charge < -0.3 is 5.32 Å². The van der Waals surface area contributed by atoms with Crippen molar-refractivity contribution in [2.75, 3.05) is 0 Å². The van der Waals surface area contributed by atoms with Gasteiger partial charge in [0.15, 0.2) is 0 Å². The van der Waals surface area contributed by atoms with Crippen LogP contribution in [0.15, 0.2) is 55.2 Å². The Bertz CT molecular complexity index is 794. The minimum Gasteiger partial charge on any atom is -0.349 e. The standard InChI is InChI=1S/C18H19N5O/c1-13-3-4-15(10-20-13)9-18(24)22-14(2)16-5-7-17(8-6-16)23-12-19-11-21-23/h3-8,10-12,14H,9H2,1-2H3,(H,22,24). The summed E-state index contributed by atoms with van der Waals surface area (Å²) < 4.78 is 1.69. The first-order valence-electron chi connectivity index (χ1n) is 7.77. The van der Waals surface area contributed by atoms with Crippen LogP contribution in [0.1, 0.15) is 29.8 Å². The molecule has 0 aliphatic carbocycles. The highest BCUT2D eigenvalue weighted by atomic mass is 16.1. The molecule has 1 aromatic carbocycles. The average Bonchev–Trinajstić information content (AvgIpc) is 3.11. The Labute approximate surface area is 140 Å². The molecule has 1 N–H and O–H groups in total. The van der Waals surface area contributed by atoms with Gasteiger partial charge in [-0.25, -0.2) is 9.67 Å². The van der Waals surface area contributed by atoms with E-state index in [1.807, 2.05) is 50.2 Å². The Morgan fingerprint density at radius 3 is 2.62 bits per heavy atom. The summed E-state index contributed by atoms with van der Waals surface area (Å²) in [5, 5.41) is 7.10.